The van der Waals surface area contributed by atoms with Crippen molar-refractivity contribution in [3.05, 3.63) is 35.4 Å². The third-order valence-electron chi connectivity index (χ3n) is 7.89. The van der Waals surface area contributed by atoms with Gasteiger partial charge in [0, 0.05) is 18.3 Å². The lowest BCUT2D eigenvalue weighted by Gasteiger charge is -2.60. The maximum atomic E-state index is 11.6. The molecule has 0 aromatic heterocycles. The van der Waals surface area contributed by atoms with E-state index in [0.29, 0.717) is 24.0 Å². The monoisotopic (exact) mass is 432 g/mol. The molecule has 5 fully saturated rings. The topological polar surface area (TPSA) is 72.5 Å². The van der Waals surface area contributed by atoms with E-state index in [1.807, 2.05) is 19.1 Å². The fourth-order valence-corrected chi connectivity index (χ4v) is 6.10. The summed E-state index contributed by atoms with van der Waals surface area (Å²) in [5, 5.41) is 0. The Hall–Kier alpha value is -1.51. The number of rotatable bonds is 4. The quantitative estimate of drug-likeness (QED) is 0.522. The molecular weight excluding hydrogens is 400 g/mol. The minimum Gasteiger partial charge on any atom is -0.465 e. The van der Waals surface area contributed by atoms with Crippen molar-refractivity contribution in [2.75, 3.05) is 7.11 Å². The molecule has 31 heavy (non-hydrogen) atoms. The molecule has 1 aromatic carbocycles. The Balaban J connectivity index is 1.34. The number of ether oxygens (including phenoxy) is 4. The van der Waals surface area contributed by atoms with Crippen LogP contribution >= 0.6 is 0 Å². The van der Waals surface area contributed by atoms with Crippen molar-refractivity contribution in [2.45, 2.75) is 77.0 Å². The second-order valence-electron chi connectivity index (χ2n) is 9.77. The van der Waals surface area contributed by atoms with Crippen molar-refractivity contribution >= 4 is 5.97 Å². The summed E-state index contributed by atoms with van der Waals surface area (Å²) in [4.78, 5) is 23.7. The van der Waals surface area contributed by atoms with Gasteiger partial charge in [0.2, 0.25) is 5.79 Å². The molecule has 4 heterocycles. The van der Waals surface area contributed by atoms with Gasteiger partial charge in [0.1, 0.15) is 0 Å². The lowest BCUT2D eigenvalue weighted by molar-refractivity contribution is -0.577. The first-order chi connectivity index (χ1) is 14.9. The first-order valence-corrected chi connectivity index (χ1v) is 11.4. The first kappa shape index (κ1) is 21.3. The number of methoxy groups -OCH3 is 1. The van der Waals surface area contributed by atoms with Gasteiger partial charge in [0.15, 0.2) is 18.2 Å². The number of hydrogen-bond acceptors (Lipinski definition) is 7. The van der Waals surface area contributed by atoms with Crippen molar-refractivity contribution in [2.24, 2.45) is 23.7 Å². The highest BCUT2D eigenvalue weighted by atomic mass is 17.3. The van der Waals surface area contributed by atoms with Gasteiger partial charge >= 0.3 is 5.97 Å². The van der Waals surface area contributed by atoms with Crippen LogP contribution in [0.15, 0.2) is 24.3 Å². The van der Waals surface area contributed by atoms with Crippen LogP contribution in [0.25, 0.3) is 0 Å². The minimum atomic E-state index is -0.785. The van der Waals surface area contributed by atoms with Crippen LogP contribution in [0.5, 0.6) is 0 Å². The number of hydrogen-bond donors (Lipinski definition) is 0. The normalized spacial score (nSPS) is 43.7. The van der Waals surface area contributed by atoms with E-state index in [-0.39, 0.29) is 17.8 Å². The van der Waals surface area contributed by atoms with Gasteiger partial charge in [-0.1, -0.05) is 26.0 Å². The predicted molar refractivity (Wildman–Crippen MR) is 109 cm³/mol. The Morgan fingerprint density at radius 1 is 1.10 bits per heavy atom. The summed E-state index contributed by atoms with van der Waals surface area (Å²) in [5.74, 6) is 0.117. The van der Waals surface area contributed by atoms with E-state index < -0.39 is 24.0 Å². The van der Waals surface area contributed by atoms with Gasteiger partial charge in [-0.05, 0) is 55.7 Å². The van der Waals surface area contributed by atoms with Gasteiger partial charge in [0.05, 0.1) is 19.3 Å². The van der Waals surface area contributed by atoms with Crippen LogP contribution in [-0.2, 0) is 35.3 Å². The zero-order valence-electron chi connectivity index (χ0n) is 18.7. The maximum absolute atomic E-state index is 11.6. The molecule has 2 bridgehead atoms. The Morgan fingerprint density at radius 2 is 1.87 bits per heavy atom. The van der Waals surface area contributed by atoms with Crippen molar-refractivity contribution in [3.8, 4) is 0 Å². The summed E-state index contributed by atoms with van der Waals surface area (Å²) >= 11 is 0. The van der Waals surface area contributed by atoms with Crippen LogP contribution in [0.4, 0.5) is 0 Å². The van der Waals surface area contributed by atoms with Crippen molar-refractivity contribution < 1.29 is 33.5 Å². The summed E-state index contributed by atoms with van der Waals surface area (Å²) < 4.78 is 23.8. The van der Waals surface area contributed by atoms with Crippen LogP contribution in [0.2, 0.25) is 0 Å². The van der Waals surface area contributed by atoms with E-state index in [1.165, 1.54) is 7.11 Å². The number of fused-ring (bicyclic) bond motifs is 2. The summed E-state index contributed by atoms with van der Waals surface area (Å²) in [7, 11) is 1.38. The molecule has 7 nitrogen and oxygen atoms in total. The molecule has 8 atom stereocenters. The van der Waals surface area contributed by atoms with E-state index in [2.05, 4.69) is 13.8 Å². The van der Waals surface area contributed by atoms with Gasteiger partial charge in [-0.2, -0.15) is 0 Å². The van der Waals surface area contributed by atoms with E-state index >= 15 is 0 Å². The number of benzene rings is 1. The lowest BCUT2D eigenvalue weighted by atomic mass is 9.58. The Labute approximate surface area is 183 Å². The van der Waals surface area contributed by atoms with Crippen molar-refractivity contribution in [3.63, 3.8) is 0 Å². The first-order valence-electron chi connectivity index (χ1n) is 11.4. The predicted octanol–water partition coefficient (Wildman–Crippen LogP) is 4.20. The lowest BCUT2D eigenvalue weighted by Crippen LogP contribution is -2.70. The molecule has 5 aliphatic rings. The molecule has 4 aliphatic heterocycles. The Morgan fingerprint density at radius 3 is 2.61 bits per heavy atom. The molecule has 4 saturated heterocycles. The average molecular weight is 433 g/mol. The van der Waals surface area contributed by atoms with Gasteiger partial charge in [-0.25, -0.2) is 14.6 Å². The van der Waals surface area contributed by atoms with E-state index in [4.69, 9.17) is 28.7 Å². The maximum Gasteiger partial charge on any atom is 0.337 e. The highest BCUT2D eigenvalue weighted by molar-refractivity contribution is 5.89. The van der Waals surface area contributed by atoms with Crippen LogP contribution in [0.3, 0.4) is 0 Å². The molecular formula is C24H32O7. The smallest absolute Gasteiger partial charge is 0.337 e. The minimum absolute atomic E-state index is 0.134. The molecule has 1 saturated carbocycles. The molecule has 6 rings (SSSR count). The van der Waals surface area contributed by atoms with Crippen LogP contribution in [0, 0.1) is 23.7 Å². The third-order valence-corrected chi connectivity index (χ3v) is 7.89. The molecule has 1 unspecified atom stereocenters. The number of carbonyl (C=O) groups excluding carboxylic acids is 1. The summed E-state index contributed by atoms with van der Waals surface area (Å²) in [6.07, 6.45) is 3.10. The number of carbonyl (C=O) groups is 1. The zero-order valence-corrected chi connectivity index (χ0v) is 18.7. The Bertz CT molecular complexity index is 826. The van der Waals surface area contributed by atoms with Crippen molar-refractivity contribution in [1.29, 1.82) is 0 Å². The van der Waals surface area contributed by atoms with Gasteiger partial charge in [-0.3, -0.25) is 0 Å². The van der Waals surface area contributed by atoms with E-state index in [1.54, 1.807) is 12.1 Å². The molecule has 0 radical (unpaired) electrons. The summed E-state index contributed by atoms with van der Waals surface area (Å²) in [6.45, 7) is 6.80. The molecule has 1 aromatic rings. The third kappa shape index (κ3) is 3.42. The average Bonchev–Trinajstić information content (AvgIpc) is 3.01. The molecule has 1 spiro atoms. The van der Waals surface area contributed by atoms with Crippen LogP contribution in [0.1, 0.15) is 62.4 Å². The van der Waals surface area contributed by atoms with Gasteiger partial charge in [0.25, 0.3) is 0 Å². The summed E-state index contributed by atoms with van der Waals surface area (Å²) in [5.41, 5.74) is 0.912. The highest BCUT2D eigenvalue weighted by Gasteiger charge is 2.69. The highest BCUT2D eigenvalue weighted by Crippen LogP contribution is 2.60. The largest absolute Gasteiger partial charge is 0.465 e. The SMILES string of the molecule is COC(=O)c1ccc(COC2O[C@@H]3O[C@]4(C)CC[C@H]5[C@H](C)CC[C@@H]([C@H]2C)[C@@]35OO4)cc1. The second kappa shape index (κ2) is 7.81. The van der Waals surface area contributed by atoms with Crippen LogP contribution in [-0.4, -0.2) is 37.0 Å². The molecule has 0 N–H and O–H groups in total. The molecule has 7 heteroatoms. The molecule has 1 aliphatic carbocycles. The molecule has 0 amide bonds. The van der Waals surface area contributed by atoms with Gasteiger partial charge in [-0.15, -0.1) is 0 Å². The zero-order chi connectivity index (χ0) is 21.8. The van der Waals surface area contributed by atoms with Gasteiger partial charge < -0.3 is 18.9 Å². The fourth-order valence-electron chi connectivity index (χ4n) is 6.10. The van der Waals surface area contributed by atoms with E-state index in [0.717, 1.165) is 31.2 Å². The summed E-state index contributed by atoms with van der Waals surface area (Å²) in [6, 6.07) is 7.25. The second-order valence-corrected chi connectivity index (χ2v) is 9.77. The fraction of sp³-hybridized carbons (Fsp3) is 0.708. The van der Waals surface area contributed by atoms with Crippen molar-refractivity contribution in [1.82, 2.24) is 0 Å². The Kier molecular flexibility index (Phi) is 5.38. The standard InChI is InChI=1S/C24H32O7/c1-14-5-10-19-15(2)21(27-13-16-6-8-17(9-7-16)20(25)26-4)28-22-24(19)18(14)11-12-23(3,29-22)30-31-24/h6-9,14-15,18-19,21-22H,5,10-13H2,1-4H3/t14-,15-,18+,19+,21?,22-,23+,24-/m1/s1. The van der Waals surface area contributed by atoms with Crippen LogP contribution < -0.4 is 0 Å². The van der Waals surface area contributed by atoms with E-state index in [9.17, 15) is 4.79 Å². The molecule has 170 valence electrons. The number of esters is 1.